The number of amides is 1. The average Bonchev–Trinajstić information content (AvgIpc) is 3.70. The number of carbonyl (C=O) groups is 1. The zero-order valence-corrected chi connectivity index (χ0v) is 21.7. The fourth-order valence-electron chi connectivity index (χ4n) is 4.85. The minimum atomic E-state index is -3.38. The van der Waals surface area contributed by atoms with Crippen LogP contribution < -0.4 is 5.32 Å². The third-order valence-electron chi connectivity index (χ3n) is 6.67. The van der Waals surface area contributed by atoms with Crippen molar-refractivity contribution in [3.8, 4) is 0 Å². The fraction of sp³-hybridized carbons (Fsp3) is 0.478. The lowest BCUT2D eigenvalue weighted by Gasteiger charge is -2.22. The summed E-state index contributed by atoms with van der Waals surface area (Å²) in [6, 6.07) is 2.67. The fourth-order valence-corrected chi connectivity index (χ4v) is 6.97. The Morgan fingerprint density at radius 1 is 1.23 bits per heavy atom. The van der Waals surface area contributed by atoms with Crippen molar-refractivity contribution in [3.63, 3.8) is 0 Å². The summed E-state index contributed by atoms with van der Waals surface area (Å²) in [5, 5.41) is 4.50. The quantitative estimate of drug-likeness (QED) is 0.401. The number of hydrogen-bond donors (Lipinski definition) is 1. The maximum Gasteiger partial charge on any atom is 0.271 e. The van der Waals surface area contributed by atoms with Crippen molar-refractivity contribution in [1.29, 1.82) is 0 Å². The molecule has 1 N–H and O–H groups in total. The van der Waals surface area contributed by atoms with Gasteiger partial charge in [0.15, 0.2) is 20.8 Å². The molecular formula is C23H27N7O3S2. The molecule has 4 aromatic heterocycles. The van der Waals surface area contributed by atoms with Crippen LogP contribution in [0.1, 0.15) is 48.8 Å². The van der Waals surface area contributed by atoms with E-state index in [1.165, 1.54) is 6.26 Å². The van der Waals surface area contributed by atoms with E-state index in [1.807, 2.05) is 29.2 Å². The van der Waals surface area contributed by atoms with E-state index in [-0.39, 0.29) is 10.1 Å². The molecule has 2 fully saturated rings. The molecule has 0 radical (unpaired) electrons. The lowest BCUT2D eigenvalue weighted by Crippen LogP contribution is -2.36. The van der Waals surface area contributed by atoms with Crippen LogP contribution in [0.5, 0.6) is 0 Å². The van der Waals surface area contributed by atoms with Crippen LogP contribution in [0.25, 0.3) is 22.1 Å². The van der Waals surface area contributed by atoms with E-state index in [4.69, 9.17) is 4.98 Å². The molecule has 0 atom stereocenters. The molecule has 0 saturated heterocycles. The molecule has 0 aliphatic heterocycles. The Kier molecular flexibility index (Phi) is 4.98. The molecular weight excluding hydrogens is 486 g/mol. The van der Waals surface area contributed by atoms with E-state index in [9.17, 15) is 13.2 Å². The van der Waals surface area contributed by atoms with E-state index in [2.05, 4.69) is 20.2 Å². The topological polar surface area (TPSA) is 115 Å². The number of sulfone groups is 1. The zero-order valence-electron chi connectivity index (χ0n) is 20.1. The first-order valence-corrected chi connectivity index (χ1v) is 14.5. The number of anilines is 2. The molecule has 0 bridgehead atoms. The number of carbonyl (C=O) groups excluding carboxylic acids is 1. The molecule has 0 unspecified atom stereocenters. The number of fused-ring (bicyclic) bond motifs is 3. The van der Waals surface area contributed by atoms with Crippen molar-refractivity contribution in [2.24, 2.45) is 7.05 Å². The Labute approximate surface area is 206 Å². The summed E-state index contributed by atoms with van der Waals surface area (Å²) in [6.45, 7) is 4.29. The Morgan fingerprint density at radius 2 is 1.91 bits per heavy atom. The first kappa shape index (κ1) is 22.5. The molecule has 2 saturated carbocycles. The molecule has 4 aromatic rings. The molecule has 2 aliphatic carbocycles. The standard InChI is InChI=1S/C23H27N7O3S2/c1-5-29-16(21(31)30(13-6-7-13)14-8-9-14)10-15-18-17(24-11-28(18)3)19(26-20(15)29)27-23-25-12(2)22(34-23)35(4,32)33/h10-11,13-14H,5-9H2,1-4H3,(H,25,26,27). The summed E-state index contributed by atoms with van der Waals surface area (Å²) in [7, 11) is -1.46. The summed E-state index contributed by atoms with van der Waals surface area (Å²) in [6.07, 6.45) is 7.21. The maximum atomic E-state index is 13.7. The van der Waals surface area contributed by atoms with Crippen molar-refractivity contribution in [2.45, 2.75) is 62.4 Å². The van der Waals surface area contributed by atoms with Crippen molar-refractivity contribution < 1.29 is 13.2 Å². The number of nitrogens with one attached hydrogen (secondary N) is 1. The largest absolute Gasteiger partial charge is 0.333 e. The average molecular weight is 514 g/mol. The van der Waals surface area contributed by atoms with E-state index in [0.717, 1.165) is 47.9 Å². The van der Waals surface area contributed by atoms with E-state index >= 15 is 0 Å². The molecule has 6 rings (SSSR count). The number of imidazole rings is 1. The second-order valence-corrected chi connectivity index (χ2v) is 12.7. The van der Waals surface area contributed by atoms with Crippen LogP contribution in [-0.4, -0.2) is 61.7 Å². The minimum absolute atomic E-state index is 0.0769. The molecule has 10 nitrogen and oxygen atoms in total. The molecule has 1 amide bonds. The smallest absolute Gasteiger partial charge is 0.271 e. The highest BCUT2D eigenvalue weighted by atomic mass is 32.2. The normalized spacial score (nSPS) is 16.3. The second kappa shape index (κ2) is 7.76. The maximum absolute atomic E-state index is 13.7. The van der Waals surface area contributed by atoms with Crippen molar-refractivity contribution in [3.05, 3.63) is 23.8 Å². The van der Waals surface area contributed by atoms with Crippen LogP contribution >= 0.6 is 11.3 Å². The van der Waals surface area contributed by atoms with Crippen molar-refractivity contribution in [1.82, 2.24) is 29.0 Å². The minimum Gasteiger partial charge on any atom is -0.333 e. The summed E-state index contributed by atoms with van der Waals surface area (Å²) < 4.78 is 28.3. The third kappa shape index (κ3) is 3.70. The Hall–Kier alpha value is -2.99. The van der Waals surface area contributed by atoms with Crippen molar-refractivity contribution in [2.75, 3.05) is 11.6 Å². The van der Waals surface area contributed by atoms with Gasteiger partial charge in [0.25, 0.3) is 5.91 Å². The lowest BCUT2D eigenvalue weighted by molar-refractivity contribution is 0.0719. The van der Waals surface area contributed by atoms with Crippen molar-refractivity contribution >= 4 is 60.1 Å². The van der Waals surface area contributed by atoms with Crippen LogP contribution in [0.2, 0.25) is 0 Å². The Balaban J connectivity index is 1.50. The van der Waals surface area contributed by atoms with Gasteiger partial charge in [0, 0.05) is 37.3 Å². The van der Waals surface area contributed by atoms with Gasteiger partial charge in [-0.25, -0.2) is 23.4 Å². The first-order valence-electron chi connectivity index (χ1n) is 11.8. The van der Waals surface area contributed by atoms with Gasteiger partial charge in [0.1, 0.15) is 21.1 Å². The summed E-state index contributed by atoms with van der Waals surface area (Å²) in [5.74, 6) is 0.558. The van der Waals surface area contributed by atoms with Gasteiger partial charge in [0.2, 0.25) is 0 Å². The molecule has 12 heteroatoms. The molecule has 0 aromatic carbocycles. The lowest BCUT2D eigenvalue weighted by atomic mass is 10.2. The molecule has 184 valence electrons. The van der Waals surface area contributed by atoms with Gasteiger partial charge in [-0.1, -0.05) is 11.3 Å². The van der Waals surface area contributed by atoms with E-state index in [1.54, 1.807) is 13.3 Å². The number of pyridine rings is 1. The monoisotopic (exact) mass is 513 g/mol. The SMILES string of the molecule is CCn1c(C(=O)N(C2CC2)C2CC2)cc2c3c(ncn3C)c(Nc3nc(C)c(S(C)(=O)=O)s3)nc21. The van der Waals surface area contributed by atoms with E-state index in [0.29, 0.717) is 52.1 Å². The molecule has 0 spiro atoms. The van der Waals surface area contributed by atoms with Crippen LogP contribution in [-0.2, 0) is 23.4 Å². The number of thiazole rings is 1. The second-order valence-electron chi connectivity index (χ2n) is 9.49. The van der Waals surface area contributed by atoms with Gasteiger partial charge in [0.05, 0.1) is 17.5 Å². The highest BCUT2D eigenvalue weighted by Gasteiger charge is 2.43. The summed E-state index contributed by atoms with van der Waals surface area (Å²) in [4.78, 5) is 29.6. The predicted molar refractivity (Wildman–Crippen MR) is 135 cm³/mol. The highest BCUT2D eigenvalue weighted by molar-refractivity contribution is 7.92. The third-order valence-corrected chi connectivity index (χ3v) is 9.66. The first-order chi connectivity index (χ1) is 16.7. The molecule has 4 heterocycles. The number of aromatic nitrogens is 5. The number of nitrogens with zero attached hydrogens (tertiary/aromatic N) is 6. The predicted octanol–water partition coefficient (Wildman–Crippen LogP) is 3.62. The Morgan fingerprint density at radius 3 is 2.49 bits per heavy atom. The van der Waals surface area contributed by atoms with Gasteiger partial charge in [-0.05, 0) is 45.6 Å². The van der Waals surface area contributed by atoms with Crippen LogP contribution in [0, 0.1) is 6.92 Å². The van der Waals surface area contributed by atoms with Gasteiger partial charge < -0.3 is 19.4 Å². The van der Waals surface area contributed by atoms with Gasteiger partial charge >= 0.3 is 0 Å². The number of rotatable bonds is 7. The summed E-state index contributed by atoms with van der Waals surface area (Å²) in [5.41, 5.74) is 3.29. The molecule has 35 heavy (non-hydrogen) atoms. The van der Waals surface area contributed by atoms with Gasteiger partial charge in [-0.3, -0.25) is 4.79 Å². The van der Waals surface area contributed by atoms with Gasteiger partial charge in [-0.2, -0.15) is 0 Å². The Bertz CT molecular complexity index is 1590. The van der Waals surface area contributed by atoms with E-state index < -0.39 is 9.84 Å². The highest BCUT2D eigenvalue weighted by Crippen LogP contribution is 2.40. The van der Waals surface area contributed by atoms with Crippen LogP contribution in [0.15, 0.2) is 16.6 Å². The number of aryl methyl sites for hydroxylation is 3. The molecule has 2 aliphatic rings. The van der Waals surface area contributed by atoms with Crippen LogP contribution in [0.3, 0.4) is 0 Å². The number of hydrogen-bond acceptors (Lipinski definition) is 8. The van der Waals surface area contributed by atoms with Gasteiger partial charge in [-0.15, -0.1) is 0 Å². The zero-order chi connectivity index (χ0) is 24.6. The van der Waals surface area contributed by atoms with Crippen LogP contribution in [0.4, 0.5) is 10.9 Å². The summed E-state index contributed by atoms with van der Waals surface area (Å²) >= 11 is 1.07.